The van der Waals surface area contributed by atoms with Crippen LogP contribution in [0.5, 0.6) is 0 Å². The molecule has 1 saturated carbocycles. The van der Waals surface area contributed by atoms with Gasteiger partial charge < -0.3 is 35.0 Å². The number of hydrogen-bond donors (Lipinski definition) is 4. The van der Waals surface area contributed by atoms with Crippen molar-refractivity contribution >= 4 is 52.2 Å². The van der Waals surface area contributed by atoms with Gasteiger partial charge in [-0.2, -0.15) is 0 Å². The van der Waals surface area contributed by atoms with Crippen molar-refractivity contribution in [3.8, 4) is 0 Å². The first-order chi connectivity index (χ1) is 27.5. The SMILES string of the molecule is CC(C)(C)OC(=O)NCc1cn(C[C@H]2NC(=O)[C@H]2NC(=O)/C(=N\OC2(C(=O)OC(c3ccccc3)c3ccccc3)CC2)c2csc(NC(=O)OC(C)(C)C)n2)nn1. The molecule has 2 aromatic heterocycles. The third kappa shape index (κ3) is 10.9. The predicted molar refractivity (Wildman–Crippen MR) is 209 cm³/mol. The van der Waals surface area contributed by atoms with Crippen LogP contribution in [-0.2, 0) is 46.5 Å². The Morgan fingerprint density at radius 2 is 1.57 bits per heavy atom. The molecule has 2 atom stereocenters. The molecule has 1 aliphatic carbocycles. The average molecular weight is 816 g/mol. The number of nitrogens with one attached hydrogen (secondary N) is 4. The first kappa shape index (κ1) is 41.3. The summed E-state index contributed by atoms with van der Waals surface area (Å²) in [4.78, 5) is 75.3. The number of ether oxygens (including phenoxy) is 3. The summed E-state index contributed by atoms with van der Waals surface area (Å²) in [5, 5.41) is 24.4. The predicted octanol–water partition coefficient (Wildman–Crippen LogP) is 4.38. The lowest BCUT2D eigenvalue weighted by atomic mass is 9.98. The molecule has 2 fully saturated rings. The standard InChI is InChI=1S/C39H45N9O9S/c1-37(2,3)55-35(52)40-19-25-20-48(47-45-25)21-26-28(31(49)41-26)43-32(50)29(27-22-58-34(42-27)44-36(53)56-38(4,5)6)46-57-39(17-18-39)33(51)54-30(23-13-9-7-10-14-23)24-15-11-8-12-16-24/h7-16,20,22,26,28,30H,17-19,21H2,1-6H3,(H,40,52)(H,41,49)(H,43,50)(H,42,44,53)/b46-29-/t26-,28+/m1/s1. The Balaban J connectivity index is 1.17. The molecule has 2 aliphatic rings. The van der Waals surface area contributed by atoms with Crippen molar-refractivity contribution in [2.24, 2.45) is 5.16 Å². The molecule has 0 radical (unpaired) electrons. The number of esters is 1. The van der Waals surface area contributed by atoms with E-state index in [2.05, 4.69) is 41.7 Å². The Bertz CT molecular complexity index is 2120. The highest BCUT2D eigenvalue weighted by Crippen LogP contribution is 2.43. The molecule has 3 heterocycles. The first-order valence-electron chi connectivity index (χ1n) is 18.5. The van der Waals surface area contributed by atoms with Crippen molar-refractivity contribution in [1.82, 2.24) is 35.9 Å². The van der Waals surface area contributed by atoms with E-state index >= 15 is 0 Å². The van der Waals surface area contributed by atoms with Gasteiger partial charge in [0.2, 0.25) is 11.5 Å². The number of thiazole rings is 1. The molecule has 18 nitrogen and oxygen atoms in total. The van der Waals surface area contributed by atoms with E-state index in [0.29, 0.717) is 5.69 Å². The van der Waals surface area contributed by atoms with Crippen LogP contribution in [0.15, 0.2) is 77.4 Å². The Morgan fingerprint density at radius 1 is 0.948 bits per heavy atom. The van der Waals surface area contributed by atoms with Gasteiger partial charge in [-0.15, -0.1) is 16.4 Å². The van der Waals surface area contributed by atoms with Crippen LogP contribution < -0.4 is 21.3 Å². The smallest absolute Gasteiger partial charge is 0.413 e. The molecule has 4 amide bonds. The zero-order valence-corrected chi connectivity index (χ0v) is 33.6. The van der Waals surface area contributed by atoms with E-state index in [9.17, 15) is 24.0 Å². The number of β-lactam (4-membered cyclic amide) rings is 1. The highest BCUT2D eigenvalue weighted by atomic mass is 32.1. The van der Waals surface area contributed by atoms with Gasteiger partial charge in [0.05, 0.1) is 25.3 Å². The van der Waals surface area contributed by atoms with Gasteiger partial charge in [-0.25, -0.2) is 19.4 Å². The number of benzene rings is 2. The van der Waals surface area contributed by atoms with E-state index in [1.165, 1.54) is 10.1 Å². The first-order valence-corrected chi connectivity index (χ1v) is 19.3. The van der Waals surface area contributed by atoms with Crippen molar-refractivity contribution in [2.75, 3.05) is 5.32 Å². The third-order valence-electron chi connectivity index (χ3n) is 8.47. The van der Waals surface area contributed by atoms with Crippen molar-refractivity contribution in [1.29, 1.82) is 0 Å². The molecule has 306 valence electrons. The normalized spacial score (nSPS) is 17.3. The molecule has 6 rings (SSSR count). The summed E-state index contributed by atoms with van der Waals surface area (Å²) in [6.07, 6.45) is 0.0128. The largest absolute Gasteiger partial charge is 0.450 e. The number of rotatable bonds is 14. The van der Waals surface area contributed by atoms with Crippen LogP contribution in [0.25, 0.3) is 0 Å². The minimum atomic E-state index is -1.49. The van der Waals surface area contributed by atoms with E-state index < -0.39 is 65.0 Å². The molecule has 58 heavy (non-hydrogen) atoms. The van der Waals surface area contributed by atoms with Crippen molar-refractivity contribution < 1.29 is 43.0 Å². The topological polar surface area (TPSA) is 226 Å². The quantitative estimate of drug-likeness (QED) is 0.0458. The number of amides is 4. The summed E-state index contributed by atoms with van der Waals surface area (Å²) < 4.78 is 18.1. The minimum absolute atomic E-state index is 0.00105. The van der Waals surface area contributed by atoms with Crippen molar-refractivity contribution in [2.45, 2.75) is 102 Å². The maximum Gasteiger partial charge on any atom is 0.413 e. The monoisotopic (exact) mass is 815 g/mol. The van der Waals surface area contributed by atoms with E-state index in [0.717, 1.165) is 22.5 Å². The number of oxime groups is 1. The molecular weight excluding hydrogens is 771 g/mol. The van der Waals surface area contributed by atoms with Gasteiger partial charge in [0.25, 0.3) is 5.91 Å². The number of anilines is 1. The van der Waals surface area contributed by atoms with Crippen molar-refractivity contribution in [3.05, 3.63) is 94.8 Å². The Hall–Kier alpha value is -6.37. The fourth-order valence-corrected chi connectivity index (χ4v) is 6.25. The molecular formula is C39H45N9O9S. The van der Waals surface area contributed by atoms with Gasteiger partial charge in [0.15, 0.2) is 16.9 Å². The zero-order valence-electron chi connectivity index (χ0n) is 32.8. The summed E-state index contributed by atoms with van der Waals surface area (Å²) >= 11 is 0.998. The molecule has 1 aliphatic heterocycles. The second kappa shape index (κ2) is 17.0. The van der Waals surface area contributed by atoms with Crippen LogP contribution in [0, 0.1) is 0 Å². The fourth-order valence-electron chi connectivity index (χ4n) is 5.57. The van der Waals surface area contributed by atoms with Crippen LogP contribution in [-0.4, -0.2) is 84.5 Å². The summed E-state index contributed by atoms with van der Waals surface area (Å²) in [5.41, 5.74) is -1.34. The second-order valence-electron chi connectivity index (χ2n) is 15.7. The number of nitrogens with zero attached hydrogens (tertiary/aromatic N) is 5. The maximum absolute atomic E-state index is 14.0. The Labute approximate surface area is 338 Å². The molecule has 0 unspecified atom stereocenters. The lowest BCUT2D eigenvalue weighted by molar-refractivity contribution is -0.164. The molecule has 2 aromatic carbocycles. The zero-order chi connectivity index (χ0) is 41.7. The lowest BCUT2D eigenvalue weighted by Gasteiger charge is -2.36. The van der Waals surface area contributed by atoms with Crippen LogP contribution in [0.1, 0.15) is 83.0 Å². The maximum atomic E-state index is 14.0. The van der Waals surface area contributed by atoms with Gasteiger partial charge in [0.1, 0.15) is 28.6 Å². The number of aromatic nitrogens is 4. The Morgan fingerprint density at radius 3 is 2.16 bits per heavy atom. The number of hydrogen-bond acceptors (Lipinski definition) is 14. The van der Waals surface area contributed by atoms with Gasteiger partial charge in [-0.1, -0.05) is 71.0 Å². The second-order valence-corrected chi connectivity index (χ2v) is 16.5. The summed E-state index contributed by atoms with van der Waals surface area (Å²) in [6, 6.07) is 16.9. The van der Waals surface area contributed by atoms with Gasteiger partial charge >= 0.3 is 18.2 Å². The summed E-state index contributed by atoms with van der Waals surface area (Å²) in [6.45, 7) is 10.6. The highest BCUT2D eigenvalue weighted by Gasteiger charge is 2.56. The van der Waals surface area contributed by atoms with Crippen LogP contribution in [0.4, 0.5) is 14.7 Å². The van der Waals surface area contributed by atoms with Crippen molar-refractivity contribution in [3.63, 3.8) is 0 Å². The van der Waals surface area contributed by atoms with Crippen LogP contribution in [0.2, 0.25) is 0 Å². The van der Waals surface area contributed by atoms with E-state index in [4.69, 9.17) is 19.0 Å². The van der Waals surface area contributed by atoms with E-state index in [-0.39, 0.29) is 42.5 Å². The van der Waals surface area contributed by atoms with Gasteiger partial charge in [-0.05, 0) is 52.7 Å². The van der Waals surface area contributed by atoms with E-state index in [1.54, 1.807) is 47.7 Å². The van der Waals surface area contributed by atoms with Gasteiger partial charge in [-0.3, -0.25) is 19.6 Å². The fraction of sp³-hybridized carbons (Fsp3) is 0.410. The third-order valence-corrected chi connectivity index (χ3v) is 9.23. The Kier molecular flexibility index (Phi) is 12.1. The number of carbonyl (C=O) groups excluding carboxylic acids is 5. The minimum Gasteiger partial charge on any atom is -0.450 e. The average Bonchev–Trinajstić information content (AvgIpc) is 3.59. The highest BCUT2D eigenvalue weighted by molar-refractivity contribution is 7.14. The summed E-state index contributed by atoms with van der Waals surface area (Å²) in [7, 11) is 0. The van der Waals surface area contributed by atoms with E-state index in [1.807, 2.05) is 60.7 Å². The molecule has 1 saturated heterocycles. The lowest BCUT2D eigenvalue weighted by Crippen LogP contribution is -2.70. The molecule has 0 spiro atoms. The van der Waals surface area contributed by atoms with Crippen LogP contribution >= 0.6 is 11.3 Å². The molecule has 19 heteroatoms. The van der Waals surface area contributed by atoms with Gasteiger partial charge in [0, 0.05) is 18.2 Å². The molecule has 4 aromatic rings. The molecule has 0 bridgehead atoms. The summed E-state index contributed by atoms with van der Waals surface area (Å²) in [5.74, 6) is -1.98. The number of alkyl carbamates (subject to hydrolysis) is 1. The number of carbonyl (C=O) groups is 5. The van der Waals surface area contributed by atoms with Crippen LogP contribution in [0.3, 0.4) is 0 Å². The molecule has 4 N–H and O–H groups in total.